The summed E-state index contributed by atoms with van der Waals surface area (Å²) in [6.07, 6.45) is 1.35. The molecule has 2 amide bonds. The summed E-state index contributed by atoms with van der Waals surface area (Å²) in [6.45, 7) is -0.0318. The fourth-order valence-corrected chi connectivity index (χ4v) is 1.81. The predicted molar refractivity (Wildman–Crippen MR) is 86.1 cm³/mol. The standard InChI is InChI=1S/C15H15FN4O5/c1-19(6-7-21)15(22)18-14-9-11(4-5-17-14)25-13-3-2-10(20(23)24)8-12(13)16/h2-5,8-9,21H,6-7H2,1H3,(H,17,18,22). The van der Waals surface area contributed by atoms with E-state index in [1.165, 1.54) is 30.3 Å². The molecule has 0 aliphatic heterocycles. The highest BCUT2D eigenvalue weighted by molar-refractivity contribution is 5.88. The molecule has 2 N–H and O–H groups in total. The van der Waals surface area contributed by atoms with Crippen molar-refractivity contribution in [1.29, 1.82) is 0 Å². The number of anilines is 1. The molecule has 0 unspecified atom stereocenters. The molecule has 2 rings (SSSR count). The number of aliphatic hydroxyl groups is 1. The van der Waals surface area contributed by atoms with Crippen LogP contribution >= 0.6 is 0 Å². The quantitative estimate of drug-likeness (QED) is 0.610. The van der Waals surface area contributed by atoms with Gasteiger partial charge in [-0.05, 0) is 12.1 Å². The van der Waals surface area contributed by atoms with Crippen LogP contribution in [0.4, 0.5) is 20.7 Å². The van der Waals surface area contributed by atoms with Gasteiger partial charge in [-0.1, -0.05) is 0 Å². The fourth-order valence-electron chi connectivity index (χ4n) is 1.81. The van der Waals surface area contributed by atoms with Crippen LogP contribution < -0.4 is 10.1 Å². The van der Waals surface area contributed by atoms with Crippen LogP contribution in [0.2, 0.25) is 0 Å². The Morgan fingerprint density at radius 3 is 2.84 bits per heavy atom. The van der Waals surface area contributed by atoms with Gasteiger partial charge in [0.05, 0.1) is 17.6 Å². The van der Waals surface area contributed by atoms with E-state index in [0.717, 1.165) is 18.2 Å². The van der Waals surface area contributed by atoms with Crippen LogP contribution in [0.1, 0.15) is 0 Å². The number of likely N-dealkylation sites (N-methyl/N-ethyl adjacent to an activating group) is 1. The lowest BCUT2D eigenvalue weighted by atomic mass is 10.3. The highest BCUT2D eigenvalue weighted by Gasteiger charge is 2.13. The van der Waals surface area contributed by atoms with E-state index >= 15 is 0 Å². The van der Waals surface area contributed by atoms with E-state index in [1.807, 2.05) is 0 Å². The highest BCUT2D eigenvalue weighted by Crippen LogP contribution is 2.28. The lowest BCUT2D eigenvalue weighted by Crippen LogP contribution is -2.33. The second-order valence-electron chi connectivity index (χ2n) is 4.93. The lowest BCUT2D eigenvalue weighted by molar-refractivity contribution is -0.385. The van der Waals surface area contributed by atoms with E-state index < -0.39 is 16.8 Å². The average molecular weight is 350 g/mol. The Balaban J connectivity index is 2.11. The van der Waals surface area contributed by atoms with Crippen molar-refractivity contribution in [2.75, 3.05) is 25.5 Å². The van der Waals surface area contributed by atoms with Gasteiger partial charge in [-0.15, -0.1) is 0 Å². The molecule has 0 spiro atoms. The minimum Gasteiger partial charge on any atom is -0.454 e. The zero-order valence-corrected chi connectivity index (χ0v) is 13.2. The number of carbonyl (C=O) groups is 1. The first-order valence-electron chi connectivity index (χ1n) is 7.11. The van der Waals surface area contributed by atoms with Gasteiger partial charge in [0.25, 0.3) is 5.69 Å². The number of nitrogens with zero attached hydrogens (tertiary/aromatic N) is 3. The van der Waals surface area contributed by atoms with Gasteiger partial charge in [-0.3, -0.25) is 15.4 Å². The van der Waals surface area contributed by atoms with Crippen molar-refractivity contribution in [3.05, 3.63) is 52.5 Å². The zero-order valence-electron chi connectivity index (χ0n) is 13.2. The first-order valence-corrected chi connectivity index (χ1v) is 7.11. The van der Waals surface area contributed by atoms with Crippen LogP contribution in [-0.2, 0) is 0 Å². The summed E-state index contributed by atoms with van der Waals surface area (Å²) in [4.78, 5) is 26.9. The van der Waals surface area contributed by atoms with Crippen molar-refractivity contribution < 1.29 is 24.0 Å². The van der Waals surface area contributed by atoms with Gasteiger partial charge in [0.1, 0.15) is 11.6 Å². The maximum atomic E-state index is 13.9. The first kappa shape index (κ1) is 18.1. The number of aromatic nitrogens is 1. The second-order valence-corrected chi connectivity index (χ2v) is 4.93. The molecule has 0 saturated heterocycles. The zero-order chi connectivity index (χ0) is 18.4. The van der Waals surface area contributed by atoms with Crippen molar-refractivity contribution in [3.63, 3.8) is 0 Å². The molecule has 0 radical (unpaired) electrons. The molecule has 10 heteroatoms. The Morgan fingerprint density at radius 2 is 2.20 bits per heavy atom. The summed E-state index contributed by atoms with van der Waals surface area (Å²) in [7, 11) is 1.50. The van der Waals surface area contributed by atoms with Crippen molar-refractivity contribution in [3.8, 4) is 11.5 Å². The number of non-ortho nitro benzene ring substituents is 1. The van der Waals surface area contributed by atoms with Gasteiger partial charge in [-0.25, -0.2) is 14.2 Å². The van der Waals surface area contributed by atoms with Crippen LogP contribution in [-0.4, -0.2) is 46.1 Å². The number of amides is 2. The number of aliphatic hydroxyl groups excluding tert-OH is 1. The summed E-state index contributed by atoms with van der Waals surface area (Å²) in [5.74, 6) is -0.747. The number of carbonyl (C=O) groups excluding carboxylic acids is 1. The SMILES string of the molecule is CN(CCO)C(=O)Nc1cc(Oc2ccc([N+](=O)[O-])cc2F)ccn1. The summed E-state index contributed by atoms with van der Waals surface area (Å²) < 4.78 is 19.2. The van der Waals surface area contributed by atoms with Gasteiger partial charge < -0.3 is 14.7 Å². The number of hydrogen-bond donors (Lipinski definition) is 2. The molecule has 0 fully saturated rings. The second kappa shape index (κ2) is 8.02. The van der Waals surface area contributed by atoms with E-state index in [-0.39, 0.29) is 36.2 Å². The molecule has 1 aromatic carbocycles. The molecule has 25 heavy (non-hydrogen) atoms. The third-order valence-corrected chi connectivity index (χ3v) is 3.10. The number of nitro benzene ring substituents is 1. The Hall–Kier alpha value is -3.27. The number of halogens is 1. The molecule has 1 heterocycles. The van der Waals surface area contributed by atoms with Crippen LogP contribution in [0.25, 0.3) is 0 Å². The van der Waals surface area contributed by atoms with Crippen LogP contribution in [0.5, 0.6) is 11.5 Å². The minimum absolute atomic E-state index is 0.149. The third kappa shape index (κ3) is 4.85. The van der Waals surface area contributed by atoms with Gasteiger partial charge in [0, 0.05) is 31.9 Å². The molecule has 0 atom stereocenters. The van der Waals surface area contributed by atoms with Crippen molar-refractivity contribution in [1.82, 2.24) is 9.88 Å². The number of pyridine rings is 1. The van der Waals surface area contributed by atoms with Gasteiger partial charge in [0.15, 0.2) is 11.6 Å². The minimum atomic E-state index is -0.890. The Kier molecular flexibility index (Phi) is 5.79. The Bertz CT molecular complexity index is 786. The van der Waals surface area contributed by atoms with E-state index in [4.69, 9.17) is 9.84 Å². The van der Waals surface area contributed by atoms with Gasteiger partial charge >= 0.3 is 6.03 Å². The van der Waals surface area contributed by atoms with E-state index in [2.05, 4.69) is 10.3 Å². The molecule has 1 aromatic heterocycles. The Morgan fingerprint density at radius 1 is 1.44 bits per heavy atom. The molecule has 9 nitrogen and oxygen atoms in total. The predicted octanol–water partition coefficient (Wildman–Crippen LogP) is 2.38. The maximum absolute atomic E-state index is 13.9. The highest BCUT2D eigenvalue weighted by atomic mass is 19.1. The molecule has 0 saturated carbocycles. The number of benzene rings is 1. The maximum Gasteiger partial charge on any atom is 0.322 e. The topological polar surface area (TPSA) is 118 Å². The van der Waals surface area contributed by atoms with Gasteiger partial charge in [0.2, 0.25) is 0 Å². The normalized spacial score (nSPS) is 10.2. The first-order chi connectivity index (χ1) is 11.9. The number of nitrogens with one attached hydrogen (secondary N) is 1. The smallest absolute Gasteiger partial charge is 0.322 e. The molecule has 0 bridgehead atoms. The molecule has 0 aliphatic carbocycles. The largest absolute Gasteiger partial charge is 0.454 e. The lowest BCUT2D eigenvalue weighted by Gasteiger charge is -2.16. The number of ether oxygens (including phenoxy) is 1. The molecule has 0 aliphatic rings. The Labute approximate surface area is 141 Å². The van der Waals surface area contributed by atoms with Crippen molar-refractivity contribution in [2.45, 2.75) is 0 Å². The number of rotatable bonds is 6. The number of hydrogen-bond acceptors (Lipinski definition) is 6. The van der Waals surface area contributed by atoms with E-state index in [1.54, 1.807) is 0 Å². The average Bonchev–Trinajstić information content (AvgIpc) is 2.57. The van der Waals surface area contributed by atoms with Crippen LogP contribution in [0, 0.1) is 15.9 Å². The summed E-state index contributed by atoms with van der Waals surface area (Å²) >= 11 is 0. The summed E-state index contributed by atoms with van der Waals surface area (Å²) in [5.41, 5.74) is -0.389. The fraction of sp³-hybridized carbons (Fsp3) is 0.200. The van der Waals surface area contributed by atoms with Crippen molar-refractivity contribution in [2.24, 2.45) is 0 Å². The van der Waals surface area contributed by atoms with Crippen molar-refractivity contribution >= 4 is 17.5 Å². The molecule has 2 aromatic rings. The third-order valence-electron chi connectivity index (χ3n) is 3.10. The number of urea groups is 1. The van der Waals surface area contributed by atoms with E-state index in [9.17, 15) is 19.3 Å². The number of nitro groups is 1. The monoisotopic (exact) mass is 350 g/mol. The summed E-state index contributed by atoms with van der Waals surface area (Å²) in [5, 5.41) is 21.9. The van der Waals surface area contributed by atoms with Crippen LogP contribution in [0.15, 0.2) is 36.5 Å². The summed E-state index contributed by atoms with van der Waals surface area (Å²) in [6, 6.07) is 5.33. The molecular weight excluding hydrogens is 335 g/mol. The van der Waals surface area contributed by atoms with E-state index in [0.29, 0.717) is 0 Å². The molecule has 132 valence electrons. The molecular formula is C15H15FN4O5. The van der Waals surface area contributed by atoms with Gasteiger partial charge in [-0.2, -0.15) is 0 Å². The van der Waals surface area contributed by atoms with Crippen LogP contribution in [0.3, 0.4) is 0 Å².